The van der Waals surface area contributed by atoms with Crippen LogP contribution in [-0.2, 0) is 0 Å². The number of halogens is 2. The maximum atomic E-state index is 13.2. The van der Waals surface area contributed by atoms with Gasteiger partial charge < -0.3 is 5.11 Å². The van der Waals surface area contributed by atoms with Crippen molar-refractivity contribution in [1.82, 2.24) is 0 Å². The number of aliphatic hydroxyl groups is 1. The second-order valence-corrected chi connectivity index (χ2v) is 6.44. The molecule has 0 bridgehead atoms. The molecule has 1 N–H and O–H groups in total. The molecule has 0 radical (unpaired) electrons. The molecule has 0 aromatic heterocycles. The molecule has 1 unspecified atom stereocenters. The summed E-state index contributed by atoms with van der Waals surface area (Å²) in [4.78, 5) is 0. The molecule has 3 heteroatoms. The zero-order valence-electron chi connectivity index (χ0n) is 11.7. The third-order valence-corrected chi connectivity index (χ3v) is 5.04. The van der Waals surface area contributed by atoms with Crippen LogP contribution in [0.5, 0.6) is 0 Å². The molecule has 0 spiro atoms. The number of aliphatic hydroxyl groups excluding tert-OH is 1. The molecule has 20 heavy (non-hydrogen) atoms. The fraction of sp³-hybridized carbons (Fsp3) is 0.647. The molecular weight excluding hydrogens is 258 g/mol. The van der Waals surface area contributed by atoms with Crippen molar-refractivity contribution in [2.45, 2.75) is 62.9 Å². The predicted octanol–water partition coefficient (Wildman–Crippen LogP) is 4.81. The summed E-state index contributed by atoms with van der Waals surface area (Å²) in [5.74, 6) is -1.91. The minimum atomic E-state index is -2.52. The van der Waals surface area contributed by atoms with E-state index in [1.807, 2.05) is 12.1 Å². The molecule has 110 valence electrons. The maximum absolute atomic E-state index is 13.2. The molecule has 0 saturated heterocycles. The topological polar surface area (TPSA) is 20.2 Å². The van der Waals surface area contributed by atoms with Crippen LogP contribution in [0.2, 0.25) is 0 Å². The molecule has 1 atom stereocenters. The molecular formula is C17H22F2O. The third-order valence-electron chi connectivity index (χ3n) is 5.04. The van der Waals surface area contributed by atoms with E-state index in [0.29, 0.717) is 18.8 Å². The summed E-state index contributed by atoms with van der Waals surface area (Å²) in [5.41, 5.74) is 2.21. The van der Waals surface area contributed by atoms with Gasteiger partial charge in [-0.1, -0.05) is 30.7 Å². The molecule has 3 rings (SSSR count). The van der Waals surface area contributed by atoms with E-state index in [4.69, 9.17) is 0 Å². The molecule has 2 aliphatic rings. The smallest absolute Gasteiger partial charge is 0.248 e. The normalized spacial score (nSPS) is 25.1. The summed E-state index contributed by atoms with van der Waals surface area (Å²) in [6, 6.07) is 8.12. The Labute approximate surface area is 119 Å². The quantitative estimate of drug-likeness (QED) is 0.842. The monoisotopic (exact) mass is 280 g/mol. The molecule has 2 saturated carbocycles. The van der Waals surface area contributed by atoms with Gasteiger partial charge in [-0.25, -0.2) is 8.78 Å². The Morgan fingerprint density at radius 3 is 2.40 bits per heavy atom. The maximum Gasteiger partial charge on any atom is 0.248 e. The second-order valence-electron chi connectivity index (χ2n) is 6.44. The van der Waals surface area contributed by atoms with E-state index in [9.17, 15) is 13.9 Å². The number of hydrogen-bond acceptors (Lipinski definition) is 1. The number of alkyl halides is 2. The zero-order valence-corrected chi connectivity index (χ0v) is 11.7. The SMILES string of the molecule is OC(c1cccc(C2CCC2)c1)C1CCC(F)(F)CC1. The summed E-state index contributed by atoms with van der Waals surface area (Å²) < 4.78 is 26.4. The molecule has 0 heterocycles. The minimum absolute atomic E-state index is 0.0220. The van der Waals surface area contributed by atoms with E-state index in [0.717, 1.165) is 5.56 Å². The van der Waals surface area contributed by atoms with Gasteiger partial charge >= 0.3 is 0 Å². The summed E-state index contributed by atoms with van der Waals surface area (Å²) in [5, 5.41) is 10.5. The van der Waals surface area contributed by atoms with Gasteiger partial charge in [0.1, 0.15) is 0 Å². The zero-order chi connectivity index (χ0) is 14.2. The number of benzene rings is 1. The van der Waals surface area contributed by atoms with Crippen molar-refractivity contribution in [1.29, 1.82) is 0 Å². The molecule has 2 aliphatic carbocycles. The van der Waals surface area contributed by atoms with Gasteiger partial charge in [0.15, 0.2) is 0 Å². The standard InChI is InChI=1S/C17H22F2O/c18-17(19)9-7-13(8-10-17)16(20)15-6-2-5-14(11-15)12-3-1-4-12/h2,5-6,11-13,16,20H,1,3-4,7-10H2. The van der Waals surface area contributed by atoms with E-state index in [-0.39, 0.29) is 18.8 Å². The van der Waals surface area contributed by atoms with Crippen molar-refractivity contribution < 1.29 is 13.9 Å². The molecule has 0 aliphatic heterocycles. The predicted molar refractivity (Wildman–Crippen MR) is 74.9 cm³/mol. The molecule has 1 nitrogen and oxygen atoms in total. The Bertz CT molecular complexity index is 458. The van der Waals surface area contributed by atoms with Crippen molar-refractivity contribution in [2.24, 2.45) is 5.92 Å². The number of rotatable bonds is 3. The first-order chi connectivity index (χ1) is 9.55. The van der Waals surface area contributed by atoms with Gasteiger partial charge in [-0.3, -0.25) is 0 Å². The first kappa shape index (κ1) is 14.0. The summed E-state index contributed by atoms with van der Waals surface area (Å²) in [6.45, 7) is 0. The van der Waals surface area contributed by atoms with Crippen LogP contribution in [0.4, 0.5) is 8.78 Å². The summed E-state index contributed by atoms with van der Waals surface area (Å²) >= 11 is 0. The van der Waals surface area contributed by atoms with Crippen molar-refractivity contribution in [3.8, 4) is 0 Å². The van der Waals surface area contributed by atoms with Crippen LogP contribution in [0.3, 0.4) is 0 Å². The highest BCUT2D eigenvalue weighted by Crippen LogP contribution is 2.42. The van der Waals surface area contributed by atoms with Gasteiger partial charge in [-0.15, -0.1) is 0 Å². The fourth-order valence-corrected chi connectivity index (χ4v) is 3.39. The fourth-order valence-electron chi connectivity index (χ4n) is 3.39. The Morgan fingerprint density at radius 1 is 1.10 bits per heavy atom. The van der Waals surface area contributed by atoms with Crippen molar-refractivity contribution in [2.75, 3.05) is 0 Å². The highest BCUT2D eigenvalue weighted by atomic mass is 19.3. The van der Waals surface area contributed by atoms with Crippen LogP contribution >= 0.6 is 0 Å². The highest BCUT2D eigenvalue weighted by Gasteiger charge is 2.37. The summed E-state index contributed by atoms with van der Waals surface area (Å²) in [7, 11) is 0. The average Bonchev–Trinajstić information content (AvgIpc) is 2.36. The van der Waals surface area contributed by atoms with Crippen LogP contribution in [0.1, 0.15) is 68.1 Å². The van der Waals surface area contributed by atoms with Crippen molar-refractivity contribution >= 4 is 0 Å². The molecule has 0 amide bonds. The van der Waals surface area contributed by atoms with Crippen LogP contribution in [0, 0.1) is 5.92 Å². The third kappa shape index (κ3) is 2.88. The van der Waals surface area contributed by atoms with E-state index in [1.165, 1.54) is 24.8 Å². The van der Waals surface area contributed by atoms with Crippen LogP contribution < -0.4 is 0 Å². The molecule has 1 aromatic carbocycles. The van der Waals surface area contributed by atoms with Crippen LogP contribution in [-0.4, -0.2) is 11.0 Å². The van der Waals surface area contributed by atoms with E-state index in [2.05, 4.69) is 12.1 Å². The molecule has 2 fully saturated rings. The van der Waals surface area contributed by atoms with Crippen molar-refractivity contribution in [3.63, 3.8) is 0 Å². The van der Waals surface area contributed by atoms with Gasteiger partial charge in [0.05, 0.1) is 6.10 Å². The Kier molecular flexibility index (Phi) is 3.80. The first-order valence-corrected chi connectivity index (χ1v) is 7.71. The van der Waals surface area contributed by atoms with Gasteiger partial charge in [0.2, 0.25) is 5.92 Å². The lowest BCUT2D eigenvalue weighted by atomic mass is 9.77. The van der Waals surface area contributed by atoms with Gasteiger partial charge in [-0.05, 0) is 48.6 Å². The van der Waals surface area contributed by atoms with Crippen LogP contribution in [0.15, 0.2) is 24.3 Å². The van der Waals surface area contributed by atoms with Crippen LogP contribution in [0.25, 0.3) is 0 Å². The van der Waals surface area contributed by atoms with E-state index in [1.54, 1.807) is 0 Å². The number of hydrogen-bond donors (Lipinski definition) is 1. The average molecular weight is 280 g/mol. The van der Waals surface area contributed by atoms with Crippen molar-refractivity contribution in [3.05, 3.63) is 35.4 Å². The summed E-state index contributed by atoms with van der Waals surface area (Å²) in [6.07, 6.45) is 3.82. The Balaban J connectivity index is 1.69. The van der Waals surface area contributed by atoms with E-state index >= 15 is 0 Å². The minimum Gasteiger partial charge on any atom is -0.388 e. The Hall–Kier alpha value is -0.960. The second kappa shape index (κ2) is 5.44. The largest absolute Gasteiger partial charge is 0.388 e. The first-order valence-electron chi connectivity index (χ1n) is 7.71. The van der Waals surface area contributed by atoms with Gasteiger partial charge in [0.25, 0.3) is 0 Å². The Morgan fingerprint density at radius 2 is 1.80 bits per heavy atom. The molecule has 1 aromatic rings. The van der Waals surface area contributed by atoms with Gasteiger partial charge in [0, 0.05) is 12.8 Å². The lowest BCUT2D eigenvalue weighted by Gasteiger charge is -2.32. The van der Waals surface area contributed by atoms with E-state index < -0.39 is 12.0 Å². The lowest BCUT2D eigenvalue weighted by molar-refractivity contribution is -0.0627. The van der Waals surface area contributed by atoms with Gasteiger partial charge in [-0.2, -0.15) is 0 Å². The highest BCUT2D eigenvalue weighted by molar-refractivity contribution is 5.29. The lowest BCUT2D eigenvalue weighted by Crippen LogP contribution is -2.27.